The Labute approximate surface area is 166 Å². The van der Waals surface area contributed by atoms with E-state index in [4.69, 9.17) is 0 Å². The van der Waals surface area contributed by atoms with Gasteiger partial charge in [0.15, 0.2) is 5.16 Å². The van der Waals surface area contributed by atoms with Crippen LogP contribution in [0.5, 0.6) is 0 Å². The Morgan fingerprint density at radius 1 is 1.11 bits per heavy atom. The Morgan fingerprint density at radius 3 is 2.57 bits per heavy atom. The number of aryl methyl sites for hydroxylation is 2. The minimum Gasteiger partial charge on any atom is -0.320 e. The lowest BCUT2D eigenvalue weighted by Crippen LogP contribution is -2.15. The molecule has 144 valence electrons. The highest BCUT2D eigenvalue weighted by molar-refractivity contribution is 7.99. The van der Waals surface area contributed by atoms with Gasteiger partial charge in [0.25, 0.3) is 5.69 Å². The first-order valence-electron chi connectivity index (χ1n) is 8.63. The highest BCUT2D eigenvalue weighted by atomic mass is 32.2. The van der Waals surface area contributed by atoms with Crippen molar-refractivity contribution in [3.8, 4) is 0 Å². The van der Waals surface area contributed by atoms with Crippen molar-refractivity contribution in [2.45, 2.75) is 18.0 Å². The molecule has 8 nitrogen and oxygen atoms in total. The zero-order chi connectivity index (χ0) is 19.9. The number of nitro benzene ring substituents is 1. The predicted octanol–water partition coefficient (Wildman–Crippen LogP) is 3.24. The van der Waals surface area contributed by atoms with Gasteiger partial charge in [0.2, 0.25) is 5.91 Å². The molecule has 0 aliphatic rings. The molecule has 28 heavy (non-hydrogen) atoms. The van der Waals surface area contributed by atoms with Gasteiger partial charge in [-0.25, -0.2) is 0 Å². The maximum absolute atomic E-state index is 12.2. The van der Waals surface area contributed by atoms with Crippen molar-refractivity contribution >= 4 is 29.0 Å². The second-order valence-corrected chi connectivity index (χ2v) is 7.00. The van der Waals surface area contributed by atoms with Crippen molar-refractivity contribution in [1.82, 2.24) is 14.8 Å². The summed E-state index contributed by atoms with van der Waals surface area (Å²) in [6.45, 7) is 0. The fourth-order valence-corrected chi connectivity index (χ4v) is 3.37. The highest BCUT2D eigenvalue weighted by Crippen LogP contribution is 2.24. The minimum atomic E-state index is -0.523. The van der Waals surface area contributed by atoms with E-state index in [0.717, 1.165) is 18.7 Å². The third kappa shape index (κ3) is 4.95. The van der Waals surface area contributed by atoms with Crippen LogP contribution in [-0.4, -0.2) is 31.3 Å². The van der Waals surface area contributed by atoms with E-state index in [1.807, 2.05) is 29.8 Å². The van der Waals surface area contributed by atoms with Gasteiger partial charge in [-0.3, -0.25) is 14.9 Å². The number of carbonyl (C=O) groups excluding carboxylic acids is 1. The second-order valence-electron chi connectivity index (χ2n) is 6.05. The van der Waals surface area contributed by atoms with Crippen molar-refractivity contribution in [2.75, 3.05) is 11.1 Å². The number of benzene rings is 2. The Bertz CT molecular complexity index is 975. The van der Waals surface area contributed by atoms with E-state index < -0.39 is 4.92 Å². The lowest BCUT2D eigenvalue weighted by molar-refractivity contribution is -0.383. The van der Waals surface area contributed by atoms with Gasteiger partial charge in [-0.05, 0) is 18.1 Å². The van der Waals surface area contributed by atoms with Gasteiger partial charge in [-0.1, -0.05) is 54.2 Å². The number of anilines is 1. The summed E-state index contributed by atoms with van der Waals surface area (Å²) in [4.78, 5) is 22.7. The number of carbonyl (C=O) groups is 1. The van der Waals surface area contributed by atoms with Crippen LogP contribution < -0.4 is 5.32 Å². The third-order valence-electron chi connectivity index (χ3n) is 4.11. The van der Waals surface area contributed by atoms with Crippen molar-refractivity contribution in [2.24, 2.45) is 7.05 Å². The zero-order valence-electron chi connectivity index (χ0n) is 15.2. The maximum Gasteiger partial charge on any atom is 0.292 e. The Morgan fingerprint density at radius 2 is 1.82 bits per heavy atom. The third-order valence-corrected chi connectivity index (χ3v) is 5.13. The Balaban J connectivity index is 1.56. The molecule has 0 aliphatic heterocycles. The Hall–Kier alpha value is -3.20. The number of nitro groups is 1. The zero-order valence-corrected chi connectivity index (χ0v) is 16.1. The van der Waals surface area contributed by atoms with Crippen LogP contribution in [-0.2, 0) is 24.7 Å². The molecule has 0 bridgehead atoms. The number of aromatic nitrogens is 3. The summed E-state index contributed by atoms with van der Waals surface area (Å²) in [5.41, 5.74) is 1.27. The van der Waals surface area contributed by atoms with Crippen LogP contribution in [0.25, 0.3) is 0 Å². The first kappa shape index (κ1) is 19.6. The summed E-state index contributed by atoms with van der Waals surface area (Å²) in [6, 6.07) is 16.2. The molecular weight excluding hydrogens is 378 g/mol. The van der Waals surface area contributed by atoms with Crippen molar-refractivity contribution in [3.05, 3.63) is 76.1 Å². The van der Waals surface area contributed by atoms with Gasteiger partial charge in [0.05, 0.1) is 10.7 Å². The normalized spacial score (nSPS) is 10.6. The molecule has 0 saturated heterocycles. The molecule has 0 spiro atoms. The first-order valence-corrected chi connectivity index (χ1v) is 9.61. The van der Waals surface area contributed by atoms with Gasteiger partial charge >= 0.3 is 0 Å². The van der Waals surface area contributed by atoms with Crippen molar-refractivity contribution < 1.29 is 9.72 Å². The first-order chi connectivity index (χ1) is 13.5. The number of thioether (sulfide) groups is 1. The fourth-order valence-electron chi connectivity index (χ4n) is 2.64. The maximum atomic E-state index is 12.2. The molecule has 1 amide bonds. The number of rotatable bonds is 8. The van der Waals surface area contributed by atoms with Gasteiger partial charge in [-0.15, -0.1) is 10.2 Å². The van der Waals surface area contributed by atoms with Crippen molar-refractivity contribution in [3.63, 3.8) is 0 Å². The Kier molecular flexibility index (Phi) is 6.38. The monoisotopic (exact) mass is 397 g/mol. The predicted molar refractivity (Wildman–Crippen MR) is 107 cm³/mol. The molecule has 0 aliphatic carbocycles. The molecule has 9 heteroatoms. The summed E-state index contributed by atoms with van der Waals surface area (Å²) in [6.07, 6.45) is 1.60. The van der Waals surface area contributed by atoms with Crippen LogP contribution in [0.3, 0.4) is 0 Å². The molecule has 0 unspecified atom stereocenters. The number of hydrogen-bond donors (Lipinski definition) is 1. The molecule has 0 saturated carbocycles. The molecule has 0 radical (unpaired) electrons. The summed E-state index contributed by atoms with van der Waals surface area (Å²) < 4.78 is 1.87. The van der Waals surface area contributed by atoms with E-state index >= 15 is 0 Å². The lowest BCUT2D eigenvalue weighted by atomic mass is 10.1. The van der Waals surface area contributed by atoms with Crippen LogP contribution >= 0.6 is 11.8 Å². The number of nitrogens with one attached hydrogen (secondary N) is 1. The molecule has 0 atom stereocenters. The van der Waals surface area contributed by atoms with E-state index in [1.165, 1.54) is 29.5 Å². The van der Waals surface area contributed by atoms with Gasteiger partial charge in [0, 0.05) is 19.5 Å². The molecule has 3 aromatic rings. The largest absolute Gasteiger partial charge is 0.320 e. The SMILES string of the molecule is Cn1c(CCc2ccccc2)nnc1SCC(=O)Nc1ccccc1[N+](=O)[O-]. The van der Waals surface area contributed by atoms with Crippen LogP contribution in [0.15, 0.2) is 59.8 Å². The molecular formula is C19H19N5O3S. The summed E-state index contributed by atoms with van der Waals surface area (Å²) >= 11 is 1.24. The van der Waals surface area contributed by atoms with Crippen LogP contribution in [0.1, 0.15) is 11.4 Å². The fraction of sp³-hybridized carbons (Fsp3) is 0.211. The van der Waals surface area contributed by atoms with Gasteiger partial charge < -0.3 is 9.88 Å². The average molecular weight is 397 g/mol. The van der Waals surface area contributed by atoms with Crippen LogP contribution in [0, 0.1) is 10.1 Å². The number of amides is 1. The molecule has 1 heterocycles. The van der Waals surface area contributed by atoms with E-state index in [2.05, 4.69) is 27.6 Å². The highest BCUT2D eigenvalue weighted by Gasteiger charge is 2.16. The number of hydrogen-bond acceptors (Lipinski definition) is 6. The number of para-hydroxylation sites is 2. The molecule has 3 rings (SSSR count). The minimum absolute atomic E-state index is 0.0801. The van der Waals surface area contributed by atoms with E-state index in [-0.39, 0.29) is 23.0 Å². The van der Waals surface area contributed by atoms with E-state index in [9.17, 15) is 14.9 Å². The average Bonchev–Trinajstić information content (AvgIpc) is 3.05. The second kappa shape index (κ2) is 9.14. The summed E-state index contributed by atoms with van der Waals surface area (Å²) in [5, 5.41) is 22.6. The van der Waals surface area contributed by atoms with Gasteiger partial charge in [-0.2, -0.15) is 0 Å². The molecule has 1 N–H and O–H groups in total. The van der Waals surface area contributed by atoms with Gasteiger partial charge in [0.1, 0.15) is 11.5 Å². The van der Waals surface area contributed by atoms with Crippen LogP contribution in [0.4, 0.5) is 11.4 Å². The summed E-state index contributed by atoms with van der Waals surface area (Å²) in [5.74, 6) is 0.579. The lowest BCUT2D eigenvalue weighted by Gasteiger charge is -2.06. The quantitative estimate of drug-likeness (QED) is 0.356. The summed E-state index contributed by atoms with van der Waals surface area (Å²) in [7, 11) is 1.86. The number of nitrogens with zero attached hydrogens (tertiary/aromatic N) is 4. The molecule has 2 aromatic carbocycles. The topological polar surface area (TPSA) is 103 Å². The van der Waals surface area contributed by atoms with Crippen molar-refractivity contribution in [1.29, 1.82) is 0 Å². The van der Waals surface area contributed by atoms with E-state index in [0.29, 0.717) is 5.16 Å². The molecule has 0 fully saturated rings. The smallest absolute Gasteiger partial charge is 0.292 e. The standard InChI is InChI=1S/C19H19N5O3S/c1-23-17(12-11-14-7-3-2-4-8-14)21-22-19(23)28-13-18(25)20-15-9-5-6-10-16(15)24(26)27/h2-10H,11-13H2,1H3,(H,20,25). The van der Waals surface area contributed by atoms with Crippen LogP contribution in [0.2, 0.25) is 0 Å². The van der Waals surface area contributed by atoms with E-state index in [1.54, 1.807) is 12.1 Å². The molecule has 1 aromatic heterocycles.